The Morgan fingerprint density at radius 2 is 1.41 bits per heavy atom. The fourth-order valence-electron chi connectivity index (χ4n) is 3.87. The molecule has 0 amide bonds. The standard InChI is InChI=1S/C20H28N2/c1-5-12-22-14-11-16(3)20(22)18-8-6-17(7-9-18)19-15(2)10-13-21(19)4/h6-9H,5,10-14H2,1-4H3. The van der Waals surface area contributed by atoms with Crippen molar-refractivity contribution in [2.75, 3.05) is 26.7 Å². The highest BCUT2D eigenvalue weighted by molar-refractivity contribution is 5.73. The highest BCUT2D eigenvalue weighted by Gasteiger charge is 2.21. The van der Waals surface area contributed by atoms with E-state index in [1.54, 1.807) is 0 Å². The Labute approximate surface area is 135 Å². The van der Waals surface area contributed by atoms with E-state index in [0.29, 0.717) is 0 Å². The molecule has 0 fully saturated rings. The second kappa shape index (κ2) is 6.20. The molecule has 0 N–H and O–H groups in total. The van der Waals surface area contributed by atoms with Gasteiger partial charge in [0.25, 0.3) is 0 Å². The van der Waals surface area contributed by atoms with Crippen LogP contribution < -0.4 is 0 Å². The third kappa shape index (κ3) is 2.67. The molecule has 0 saturated heterocycles. The van der Waals surface area contributed by atoms with Crippen LogP contribution in [0.4, 0.5) is 0 Å². The van der Waals surface area contributed by atoms with Gasteiger partial charge in [0.05, 0.1) is 0 Å². The zero-order valence-electron chi connectivity index (χ0n) is 14.4. The van der Waals surface area contributed by atoms with Gasteiger partial charge < -0.3 is 9.80 Å². The van der Waals surface area contributed by atoms with E-state index in [2.05, 4.69) is 61.9 Å². The third-order valence-electron chi connectivity index (χ3n) is 5.01. The fourth-order valence-corrected chi connectivity index (χ4v) is 3.87. The molecule has 0 unspecified atom stereocenters. The second-order valence-corrected chi connectivity index (χ2v) is 6.74. The first-order valence-electron chi connectivity index (χ1n) is 8.58. The van der Waals surface area contributed by atoms with Crippen LogP contribution in [-0.2, 0) is 0 Å². The van der Waals surface area contributed by atoms with Crippen LogP contribution in [0.5, 0.6) is 0 Å². The van der Waals surface area contributed by atoms with Gasteiger partial charge in [0.1, 0.15) is 0 Å². The maximum absolute atomic E-state index is 2.55. The van der Waals surface area contributed by atoms with Crippen LogP contribution in [0.15, 0.2) is 35.4 Å². The lowest BCUT2D eigenvalue weighted by atomic mass is 10.0. The fraction of sp³-hybridized carbons (Fsp3) is 0.500. The predicted molar refractivity (Wildman–Crippen MR) is 95.4 cm³/mol. The van der Waals surface area contributed by atoms with Crippen molar-refractivity contribution in [3.63, 3.8) is 0 Å². The molecule has 2 aliphatic heterocycles. The minimum absolute atomic E-state index is 1.15. The number of benzene rings is 1. The molecule has 1 aromatic carbocycles. The minimum Gasteiger partial charge on any atom is -0.374 e. The van der Waals surface area contributed by atoms with Crippen LogP contribution in [0.3, 0.4) is 0 Å². The van der Waals surface area contributed by atoms with Gasteiger partial charge >= 0.3 is 0 Å². The molecular weight excluding hydrogens is 268 g/mol. The molecule has 1 aromatic rings. The molecule has 0 bridgehead atoms. The Morgan fingerprint density at radius 3 is 1.95 bits per heavy atom. The maximum atomic E-state index is 2.55. The lowest BCUT2D eigenvalue weighted by Crippen LogP contribution is -2.19. The number of nitrogens with zero attached hydrogens (tertiary/aromatic N) is 2. The van der Waals surface area contributed by atoms with Gasteiger partial charge in [-0.15, -0.1) is 0 Å². The summed E-state index contributed by atoms with van der Waals surface area (Å²) < 4.78 is 0. The molecule has 0 atom stereocenters. The molecule has 2 heterocycles. The van der Waals surface area contributed by atoms with Gasteiger partial charge in [-0.05, 0) is 55.4 Å². The molecular formula is C20H28N2. The van der Waals surface area contributed by atoms with E-state index < -0.39 is 0 Å². The van der Waals surface area contributed by atoms with Crippen molar-refractivity contribution in [3.05, 3.63) is 46.5 Å². The van der Waals surface area contributed by atoms with Gasteiger partial charge in [0.2, 0.25) is 0 Å². The van der Waals surface area contributed by atoms with Crippen molar-refractivity contribution >= 4 is 11.4 Å². The highest BCUT2D eigenvalue weighted by atomic mass is 15.1. The second-order valence-electron chi connectivity index (χ2n) is 6.74. The smallest absolute Gasteiger partial charge is 0.0429 e. The summed E-state index contributed by atoms with van der Waals surface area (Å²) in [5, 5.41) is 0. The molecule has 0 aromatic heterocycles. The molecule has 2 aliphatic rings. The van der Waals surface area contributed by atoms with E-state index in [1.807, 2.05) is 0 Å². The average molecular weight is 296 g/mol. The van der Waals surface area contributed by atoms with Crippen LogP contribution in [-0.4, -0.2) is 36.5 Å². The Morgan fingerprint density at radius 1 is 0.864 bits per heavy atom. The van der Waals surface area contributed by atoms with Crippen molar-refractivity contribution in [1.82, 2.24) is 9.80 Å². The Balaban J connectivity index is 1.89. The summed E-state index contributed by atoms with van der Waals surface area (Å²) in [6.45, 7) is 10.3. The molecule has 0 radical (unpaired) electrons. The summed E-state index contributed by atoms with van der Waals surface area (Å²) in [6, 6.07) is 9.24. The van der Waals surface area contributed by atoms with E-state index in [-0.39, 0.29) is 0 Å². The van der Waals surface area contributed by atoms with Crippen molar-refractivity contribution in [2.24, 2.45) is 0 Å². The van der Waals surface area contributed by atoms with E-state index in [0.717, 1.165) is 6.54 Å². The monoisotopic (exact) mass is 296 g/mol. The molecule has 118 valence electrons. The summed E-state index contributed by atoms with van der Waals surface area (Å²) in [6.07, 6.45) is 3.62. The first-order valence-corrected chi connectivity index (χ1v) is 8.58. The quantitative estimate of drug-likeness (QED) is 0.801. The number of hydrogen-bond acceptors (Lipinski definition) is 2. The normalized spacial score (nSPS) is 18.9. The van der Waals surface area contributed by atoms with Crippen LogP contribution in [0.25, 0.3) is 11.4 Å². The van der Waals surface area contributed by atoms with Gasteiger partial charge in [-0.25, -0.2) is 0 Å². The summed E-state index contributed by atoms with van der Waals surface area (Å²) >= 11 is 0. The van der Waals surface area contributed by atoms with Gasteiger partial charge in [-0.1, -0.05) is 31.2 Å². The van der Waals surface area contributed by atoms with E-state index in [9.17, 15) is 0 Å². The van der Waals surface area contributed by atoms with Crippen molar-refractivity contribution in [1.29, 1.82) is 0 Å². The Hall–Kier alpha value is -1.70. The molecule has 0 spiro atoms. The Kier molecular flexibility index (Phi) is 4.28. The van der Waals surface area contributed by atoms with Gasteiger partial charge in [0, 0.05) is 38.1 Å². The summed E-state index contributed by atoms with van der Waals surface area (Å²) in [5.74, 6) is 0. The van der Waals surface area contributed by atoms with Crippen LogP contribution in [0, 0.1) is 0 Å². The number of hydrogen-bond donors (Lipinski definition) is 0. The van der Waals surface area contributed by atoms with Crippen molar-refractivity contribution < 1.29 is 0 Å². The van der Waals surface area contributed by atoms with Crippen molar-refractivity contribution in [3.8, 4) is 0 Å². The van der Waals surface area contributed by atoms with Gasteiger partial charge in [0.15, 0.2) is 0 Å². The van der Waals surface area contributed by atoms with Crippen LogP contribution in [0.1, 0.15) is 51.2 Å². The van der Waals surface area contributed by atoms with E-state index in [4.69, 9.17) is 0 Å². The molecule has 0 aliphatic carbocycles. The molecule has 2 nitrogen and oxygen atoms in total. The lowest BCUT2D eigenvalue weighted by Gasteiger charge is -2.23. The van der Waals surface area contributed by atoms with Crippen LogP contribution >= 0.6 is 0 Å². The maximum Gasteiger partial charge on any atom is 0.0429 e. The average Bonchev–Trinajstić information content (AvgIpc) is 3.03. The predicted octanol–water partition coefficient (Wildman–Crippen LogP) is 4.60. The first-order chi connectivity index (χ1) is 10.6. The minimum atomic E-state index is 1.15. The molecule has 2 heteroatoms. The largest absolute Gasteiger partial charge is 0.374 e. The molecule has 3 rings (SSSR count). The van der Waals surface area contributed by atoms with Crippen molar-refractivity contribution in [2.45, 2.75) is 40.0 Å². The summed E-state index contributed by atoms with van der Waals surface area (Å²) in [5.41, 5.74) is 8.69. The zero-order valence-corrected chi connectivity index (χ0v) is 14.4. The number of rotatable bonds is 4. The molecule has 0 saturated carbocycles. The van der Waals surface area contributed by atoms with Crippen LogP contribution in [0.2, 0.25) is 0 Å². The summed E-state index contributed by atoms with van der Waals surface area (Å²) in [7, 11) is 2.20. The first kappa shape index (κ1) is 15.2. The summed E-state index contributed by atoms with van der Waals surface area (Å²) in [4.78, 5) is 4.93. The van der Waals surface area contributed by atoms with E-state index >= 15 is 0 Å². The van der Waals surface area contributed by atoms with Gasteiger partial charge in [-0.3, -0.25) is 0 Å². The SMILES string of the molecule is CCCN1CCC(C)=C1c1ccc(C2=C(C)CCN2C)cc1. The highest BCUT2D eigenvalue weighted by Crippen LogP contribution is 2.34. The lowest BCUT2D eigenvalue weighted by molar-refractivity contribution is 0.424. The Bertz CT molecular complexity index is 607. The third-order valence-corrected chi connectivity index (χ3v) is 5.01. The topological polar surface area (TPSA) is 6.48 Å². The van der Waals surface area contributed by atoms with Gasteiger partial charge in [-0.2, -0.15) is 0 Å². The van der Waals surface area contributed by atoms with E-state index in [1.165, 1.54) is 66.0 Å². The molecule has 22 heavy (non-hydrogen) atoms. The zero-order chi connectivity index (χ0) is 15.7.